The molecule has 1 aliphatic rings. The topological polar surface area (TPSA) is 50.3 Å². The summed E-state index contributed by atoms with van der Waals surface area (Å²) in [5, 5.41) is 6.93. The second-order valence-corrected chi connectivity index (χ2v) is 9.32. The van der Waals surface area contributed by atoms with Crippen molar-refractivity contribution in [2.45, 2.75) is 20.3 Å². The fraction of sp³-hybridized carbons (Fsp3) is 0.500. The fourth-order valence-corrected chi connectivity index (χ4v) is 5.32. The lowest BCUT2D eigenvalue weighted by atomic mass is 10.1. The highest BCUT2D eigenvalue weighted by Gasteiger charge is 2.23. The molecule has 1 N–H and O–H groups in total. The average Bonchev–Trinajstić information content (AvgIpc) is 3.40. The number of likely N-dealkylation sites (tertiary alicyclic amines) is 1. The van der Waals surface area contributed by atoms with Crippen LogP contribution in [0.4, 0.5) is 5.82 Å². The van der Waals surface area contributed by atoms with Crippen molar-refractivity contribution in [3.8, 4) is 10.7 Å². The molecule has 1 fully saturated rings. The molecule has 0 aliphatic carbocycles. The molecule has 1 saturated heterocycles. The maximum absolute atomic E-state index is 5.21. The number of nitrogens with one attached hydrogen (secondary N) is 1. The van der Waals surface area contributed by atoms with E-state index in [2.05, 4.69) is 41.6 Å². The van der Waals surface area contributed by atoms with Crippen molar-refractivity contribution >= 4 is 38.7 Å². The molecule has 1 atom stereocenters. The lowest BCUT2D eigenvalue weighted by molar-refractivity contribution is 0.159. The van der Waals surface area contributed by atoms with Gasteiger partial charge in [-0.15, -0.1) is 22.7 Å². The van der Waals surface area contributed by atoms with Crippen molar-refractivity contribution in [2.75, 3.05) is 45.2 Å². The van der Waals surface area contributed by atoms with Crippen LogP contribution in [0.25, 0.3) is 20.9 Å². The molecule has 0 amide bonds. The molecule has 0 radical (unpaired) electrons. The maximum atomic E-state index is 5.21. The van der Waals surface area contributed by atoms with Gasteiger partial charge in [0.2, 0.25) is 0 Å². The molecule has 3 aromatic heterocycles. The summed E-state index contributed by atoms with van der Waals surface area (Å²) in [6.07, 6.45) is 1.23. The Kier molecular flexibility index (Phi) is 5.73. The van der Waals surface area contributed by atoms with Gasteiger partial charge in [-0.3, -0.25) is 0 Å². The number of fused-ring (bicyclic) bond motifs is 1. The Morgan fingerprint density at radius 2 is 2.22 bits per heavy atom. The monoisotopic (exact) mass is 402 g/mol. The lowest BCUT2D eigenvalue weighted by Crippen LogP contribution is -2.26. The molecule has 144 valence electrons. The Hall–Kier alpha value is -1.54. The highest BCUT2D eigenvalue weighted by Crippen LogP contribution is 2.36. The number of aromatic nitrogens is 2. The normalized spacial score (nSPS) is 17.8. The third-order valence-electron chi connectivity index (χ3n) is 5.31. The smallest absolute Gasteiger partial charge is 0.173 e. The van der Waals surface area contributed by atoms with Gasteiger partial charge in [-0.05, 0) is 49.7 Å². The minimum absolute atomic E-state index is 0.650. The molecule has 7 heteroatoms. The van der Waals surface area contributed by atoms with E-state index in [1.54, 1.807) is 29.8 Å². The molecular weight excluding hydrogens is 376 g/mol. The standard InChI is InChI=1S/C20H26N4OS2/c1-13-14(2)27-20-17(13)19(22-18(23-20)16-5-4-10-26-16)21-11-15-6-7-24(12-15)8-9-25-3/h4-5,10,15H,6-9,11-12H2,1-3H3,(H,21,22,23)/t15-/m0/s1. The number of hydrogen-bond donors (Lipinski definition) is 1. The quantitative estimate of drug-likeness (QED) is 0.634. The van der Waals surface area contributed by atoms with Crippen LogP contribution in [0.1, 0.15) is 16.9 Å². The van der Waals surface area contributed by atoms with Crippen molar-refractivity contribution in [2.24, 2.45) is 5.92 Å². The number of aryl methyl sites for hydroxylation is 2. The molecule has 3 aromatic rings. The van der Waals surface area contributed by atoms with Gasteiger partial charge in [0.25, 0.3) is 0 Å². The van der Waals surface area contributed by atoms with Crippen LogP contribution in [0.2, 0.25) is 0 Å². The maximum Gasteiger partial charge on any atom is 0.173 e. The first-order chi connectivity index (χ1) is 13.2. The van der Waals surface area contributed by atoms with Gasteiger partial charge in [0.1, 0.15) is 10.6 Å². The highest BCUT2D eigenvalue weighted by molar-refractivity contribution is 7.19. The molecule has 0 unspecified atom stereocenters. The lowest BCUT2D eigenvalue weighted by Gasteiger charge is -2.16. The van der Waals surface area contributed by atoms with E-state index >= 15 is 0 Å². The van der Waals surface area contributed by atoms with Crippen LogP contribution in [0, 0.1) is 19.8 Å². The molecular formula is C20H26N4OS2. The average molecular weight is 403 g/mol. The summed E-state index contributed by atoms with van der Waals surface area (Å²) in [7, 11) is 1.77. The molecule has 27 heavy (non-hydrogen) atoms. The number of hydrogen-bond acceptors (Lipinski definition) is 7. The second-order valence-electron chi connectivity index (χ2n) is 7.17. The summed E-state index contributed by atoms with van der Waals surface area (Å²) in [6, 6.07) is 4.15. The highest BCUT2D eigenvalue weighted by atomic mass is 32.1. The van der Waals surface area contributed by atoms with Gasteiger partial charge in [-0.25, -0.2) is 9.97 Å². The van der Waals surface area contributed by atoms with Crippen molar-refractivity contribution in [3.63, 3.8) is 0 Å². The van der Waals surface area contributed by atoms with Crippen LogP contribution in [0.3, 0.4) is 0 Å². The SMILES string of the molecule is COCCN1CC[C@@H](CNc2nc(-c3cccs3)nc3sc(C)c(C)c23)C1. The predicted molar refractivity (Wildman–Crippen MR) is 115 cm³/mol. The summed E-state index contributed by atoms with van der Waals surface area (Å²) in [5.74, 6) is 2.46. The van der Waals surface area contributed by atoms with Crippen molar-refractivity contribution in [3.05, 3.63) is 28.0 Å². The molecule has 4 heterocycles. The van der Waals surface area contributed by atoms with Crippen LogP contribution in [-0.2, 0) is 4.74 Å². The second kappa shape index (κ2) is 8.22. The van der Waals surface area contributed by atoms with E-state index < -0.39 is 0 Å². The Morgan fingerprint density at radius 1 is 1.33 bits per heavy atom. The van der Waals surface area contributed by atoms with Gasteiger partial charge in [0.05, 0.1) is 16.9 Å². The van der Waals surface area contributed by atoms with Crippen LogP contribution in [0.5, 0.6) is 0 Å². The molecule has 0 bridgehead atoms. The fourth-order valence-electron chi connectivity index (χ4n) is 3.64. The molecule has 4 rings (SSSR count). The van der Waals surface area contributed by atoms with E-state index in [1.165, 1.54) is 22.2 Å². The van der Waals surface area contributed by atoms with Crippen molar-refractivity contribution in [1.82, 2.24) is 14.9 Å². The van der Waals surface area contributed by atoms with E-state index in [0.717, 1.165) is 54.1 Å². The van der Waals surface area contributed by atoms with Gasteiger partial charge in [0.15, 0.2) is 5.82 Å². The third-order valence-corrected chi connectivity index (χ3v) is 7.28. The Labute approximate surface area is 168 Å². The van der Waals surface area contributed by atoms with Gasteiger partial charge in [-0.2, -0.15) is 0 Å². The summed E-state index contributed by atoms with van der Waals surface area (Å²) in [5.41, 5.74) is 1.29. The van der Waals surface area contributed by atoms with Crippen molar-refractivity contribution < 1.29 is 4.74 Å². The molecule has 1 aliphatic heterocycles. The van der Waals surface area contributed by atoms with Gasteiger partial charge >= 0.3 is 0 Å². The van der Waals surface area contributed by atoms with Crippen LogP contribution in [-0.4, -0.2) is 54.8 Å². The van der Waals surface area contributed by atoms with E-state index in [0.29, 0.717) is 5.92 Å². The largest absolute Gasteiger partial charge is 0.383 e. The van der Waals surface area contributed by atoms with E-state index in [4.69, 9.17) is 14.7 Å². The summed E-state index contributed by atoms with van der Waals surface area (Å²) in [6.45, 7) is 9.42. The Morgan fingerprint density at radius 3 is 3.00 bits per heavy atom. The van der Waals surface area contributed by atoms with E-state index in [-0.39, 0.29) is 0 Å². The van der Waals surface area contributed by atoms with Crippen molar-refractivity contribution in [1.29, 1.82) is 0 Å². The zero-order valence-electron chi connectivity index (χ0n) is 16.1. The molecule has 0 aromatic carbocycles. The number of methoxy groups -OCH3 is 1. The Bertz CT molecular complexity index is 906. The number of nitrogens with zero attached hydrogens (tertiary/aromatic N) is 3. The minimum atomic E-state index is 0.650. The first-order valence-corrected chi connectivity index (χ1v) is 11.1. The van der Waals surface area contributed by atoms with E-state index in [1.807, 2.05) is 0 Å². The van der Waals surface area contributed by atoms with Crippen LogP contribution < -0.4 is 5.32 Å². The Balaban J connectivity index is 1.55. The first kappa shape index (κ1) is 18.8. The molecule has 0 spiro atoms. The third kappa shape index (κ3) is 4.01. The van der Waals surface area contributed by atoms with Crippen LogP contribution >= 0.6 is 22.7 Å². The number of thiophene rings is 2. The minimum Gasteiger partial charge on any atom is -0.383 e. The van der Waals surface area contributed by atoms with E-state index in [9.17, 15) is 0 Å². The molecule has 0 saturated carbocycles. The number of rotatable bonds is 7. The summed E-state index contributed by atoms with van der Waals surface area (Å²) < 4.78 is 5.21. The summed E-state index contributed by atoms with van der Waals surface area (Å²) >= 11 is 3.45. The van der Waals surface area contributed by atoms with Crippen LogP contribution in [0.15, 0.2) is 17.5 Å². The van der Waals surface area contributed by atoms with Gasteiger partial charge in [0, 0.05) is 31.6 Å². The molecule has 5 nitrogen and oxygen atoms in total. The zero-order chi connectivity index (χ0) is 18.8. The predicted octanol–water partition coefficient (Wildman–Crippen LogP) is 4.42. The number of ether oxygens (including phenoxy) is 1. The van der Waals surface area contributed by atoms with Gasteiger partial charge in [-0.1, -0.05) is 6.07 Å². The first-order valence-electron chi connectivity index (χ1n) is 9.42. The summed E-state index contributed by atoms with van der Waals surface area (Å²) in [4.78, 5) is 15.8. The zero-order valence-corrected chi connectivity index (χ0v) is 17.8. The number of anilines is 1. The van der Waals surface area contributed by atoms with Gasteiger partial charge < -0.3 is 15.0 Å².